The van der Waals surface area contributed by atoms with Gasteiger partial charge in [0.05, 0.1) is 5.69 Å². The molecule has 6 nitrogen and oxygen atoms in total. The van der Waals surface area contributed by atoms with Gasteiger partial charge in [0.1, 0.15) is 11.5 Å². The lowest BCUT2D eigenvalue weighted by Gasteiger charge is -2.18. The van der Waals surface area contributed by atoms with Crippen molar-refractivity contribution >= 4 is 23.2 Å². The molecule has 0 saturated carbocycles. The van der Waals surface area contributed by atoms with E-state index in [1.165, 1.54) is 0 Å². The van der Waals surface area contributed by atoms with Crippen LogP contribution in [0.2, 0.25) is 0 Å². The van der Waals surface area contributed by atoms with Crippen molar-refractivity contribution in [2.45, 2.75) is 13.8 Å². The second-order valence-electron chi connectivity index (χ2n) is 5.65. The lowest BCUT2D eigenvalue weighted by molar-refractivity contribution is -0.119. The zero-order valence-corrected chi connectivity index (χ0v) is 13.5. The molecule has 0 bridgehead atoms. The Bertz CT molecular complexity index is 802. The average molecular weight is 326 g/mol. The zero-order chi connectivity index (χ0) is 17.1. The number of ether oxygens (including phenoxy) is 2. The summed E-state index contributed by atoms with van der Waals surface area (Å²) in [5, 5.41) is 5.45. The van der Waals surface area contributed by atoms with Crippen LogP contribution in [0.1, 0.15) is 11.1 Å². The van der Waals surface area contributed by atoms with Gasteiger partial charge in [0.15, 0.2) is 13.2 Å². The van der Waals surface area contributed by atoms with Crippen molar-refractivity contribution in [3.8, 4) is 11.5 Å². The van der Waals surface area contributed by atoms with Crippen LogP contribution in [-0.2, 0) is 9.59 Å². The number of aryl methyl sites for hydroxylation is 2. The molecule has 2 amide bonds. The van der Waals surface area contributed by atoms with Crippen LogP contribution in [0.15, 0.2) is 36.4 Å². The lowest BCUT2D eigenvalue weighted by atomic mass is 10.1. The van der Waals surface area contributed by atoms with E-state index in [1.54, 1.807) is 18.2 Å². The van der Waals surface area contributed by atoms with Gasteiger partial charge in [0, 0.05) is 11.8 Å². The predicted molar refractivity (Wildman–Crippen MR) is 90.6 cm³/mol. The first kappa shape index (κ1) is 15.9. The molecule has 0 radical (unpaired) electrons. The van der Waals surface area contributed by atoms with Gasteiger partial charge in [-0.05, 0) is 43.2 Å². The number of nitrogens with one attached hydrogen (secondary N) is 2. The average Bonchev–Trinajstić information content (AvgIpc) is 2.56. The summed E-state index contributed by atoms with van der Waals surface area (Å²) in [5.74, 6) is 0.765. The highest BCUT2D eigenvalue weighted by molar-refractivity contribution is 5.97. The van der Waals surface area contributed by atoms with Crippen LogP contribution in [-0.4, -0.2) is 25.0 Å². The molecule has 0 spiro atoms. The molecule has 124 valence electrons. The van der Waals surface area contributed by atoms with E-state index in [0.717, 1.165) is 11.1 Å². The van der Waals surface area contributed by atoms with Gasteiger partial charge in [-0.2, -0.15) is 0 Å². The fraction of sp³-hybridized carbons (Fsp3) is 0.222. The first-order chi connectivity index (χ1) is 11.5. The Kier molecular flexibility index (Phi) is 4.37. The van der Waals surface area contributed by atoms with Gasteiger partial charge in [-0.15, -0.1) is 0 Å². The highest BCUT2D eigenvalue weighted by Gasteiger charge is 2.16. The molecule has 2 aromatic carbocycles. The molecule has 1 aliphatic rings. The van der Waals surface area contributed by atoms with Crippen LogP contribution in [0.25, 0.3) is 0 Å². The third-order valence-corrected chi connectivity index (χ3v) is 3.60. The number of rotatable bonds is 4. The Morgan fingerprint density at radius 2 is 2.08 bits per heavy atom. The van der Waals surface area contributed by atoms with Gasteiger partial charge < -0.3 is 20.1 Å². The van der Waals surface area contributed by atoms with Crippen LogP contribution in [0.3, 0.4) is 0 Å². The SMILES string of the molecule is Cc1ccc(C)c(OCC(=O)Nc2ccc3c(c2)OCC(=O)N3)c1. The van der Waals surface area contributed by atoms with E-state index in [2.05, 4.69) is 10.6 Å². The van der Waals surface area contributed by atoms with E-state index >= 15 is 0 Å². The molecule has 1 heterocycles. The predicted octanol–water partition coefficient (Wildman–Crippen LogP) is 2.65. The highest BCUT2D eigenvalue weighted by Crippen LogP contribution is 2.30. The molecular weight excluding hydrogens is 308 g/mol. The van der Waals surface area contributed by atoms with Crippen molar-refractivity contribution in [1.82, 2.24) is 0 Å². The summed E-state index contributed by atoms with van der Waals surface area (Å²) in [4.78, 5) is 23.3. The van der Waals surface area contributed by atoms with Crippen LogP contribution >= 0.6 is 0 Å². The summed E-state index contributed by atoms with van der Waals surface area (Å²) in [5.41, 5.74) is 3.23. The van der Waals surface area contributed by atoms with Crippen molar-refractivity contribution in [3.05, 3.63) is 47.5 Å². The fourth-order valence-electron chi connectivity index (χ4n) is 2.36. The Balaban J connectivity index is 1.61. The summed E-state index contributed by atoms with van der Waals surface area (Å²) in [6, 6.07) is 10.9. The van der Waals surface area contributed by atoms with Crippen molar-refractivity contribution in [3.63, 3.8) is 0 Å². The molecule has 0 saturated heterocycles. The Morgan fingerprint density at radius 3 is 2.92 bits per heavy atom. The minimum absolute atomic E-state index is 0.0276. The van der Waals surface area contributed by atoms with Gasteiger partial charge in [-0.3, -0.25) is 9.59 Å². The van der Waals surface area contributed by atoms with Crippen molar-refractivity contribution in [1.29, 1.82) is 0 Å². The zero-order valence-electron chi connectivity index (χ0n) is 13.5. The van der Waals surface area contributed by atoms with Crippen molar-refractivity contribution < 1.29 is 19.1 Å². The molecule has 24 heavy (non-hydrogen) atoms. The summed E-state index contributed by atoms with van der Waals surface area (Å²) in [7, 11) is 0. The van der Waals surface area contributed by atoms with Gasteiger partial charge in [-0.25, -0.2) is 0 Å². The molecule has 6 heteroatoms. The van der Waals surface area contributed by atoms with E-state index in [-0.39, 0.29) is 25.0 Å². The number of carbonyl (C=O) groups excluding carboxylic acids is 2. The highest BCUT2D eigenvalue weighted by atomic mass is 16.5. The second kappa shape index (κ2) is 6.62. The molecule has 3 rings (SSSR count). The van der Waals surface area contributed by atoms with E-state index in [4.69, 9.17) is 9.47 Å². The Morgan fingerprint density at radius 1 is 1.25 bits per heavy atom. The smallest absolute Gasteiger partial charge is 0.262 e. The third kappa shape index (κ3) is 3.65. The van der Waals surface area contributed by atoms with Gasteiger partial charge in [0.2, 0.25) is 0 Å². The maximum Gasteiger partial charge on any atom is 0.262 e. The summed E-state index contributed by atoms with van der Waals surface area (Å²) < 4.78 is 10.9. The topological polar surface area (TPSA) is 76.7 Å². The number of amides is 2. The van der Waals surface area contributed by atoms with Crippen LogP contribution in [0.4, 0.5) is 11.4 Å². The maximum absolute atomic E-state index is 12.1. The van der Waals surface area contributed by atoms with E-state index in [0.29, 0.717) is 22.9 Å². The number of hydrogen-bond acceptors (Lipinski definition) is 4. The maximum atomic E-state index is 12.1. The monoisotopic (exact) mass is 326 g/mol. The number of benzene rings is 2. The van der Waals surface area contributed by atoms with Crippen molar-refractivity contribution in [2.24, 2.45) is 0 Å². The first-order valence-electron chi connectivity index (χ1n) is 7.58. The van der Waals surface area contributed by atoms with E-state index in [9.17, 15) is 9.59 Å². The minimum atomic E-state index is -0.268. The molecule has 2 N–H and O–H groups in total. The number of carbonyl (C=O) groups is 2. The van der Waals surface area contributed by atoms with Crippen molar-refractivity contribution in [2.75, 3.05) is 23.8 Å². The van der Waals surface area contributed by atoms with Gasteiger partial charge >= 0.3 is 0 Å². The largest absolute Gasteiger partial charge is 0.483 e. The summed E-state index contributed by atoms with van der Waals surface area (Å²) in [6.07, 6.45) is 0. The van der Waals surface area contributed by atoms with Crippen LogP contribution in [0, 0.1) is 13.8 Å². The van der Waals surface area contributed by atoms with E-state index < -0.39 is 0 Å². The summed E-state index contributed by atoms with van der Waals surface area (Å²) in [6.45, 7) is 3.79. The molecule has 0 unspecified atom stereocenters. The molecule has 2 aromatic rings. The minimum Gasteiger partial charge on any atom is -0.483 e. The quantitative estimate of drug-likeness (QED) is 0.905. The van der Waals surface area contributed by atoms with Crippen LogP contribution < -0.4 is 20.1 Å². The van der Waals surface area contributed by atoms with Gasteiger partial charge in [-0.1, -0.05) is 12.1 Å². The number of fused-ring (bicyclic) bond motifs is 1. The summed E-state index contributed by atoms with van der Waals surface area (Å²) >= 11 is 0. The molecule has 0 aliphatic carbocycles. The molecule has 0 aromatic heterocycles. The second-order valence-corrected chi connectivity index (χ2v) is 5.65. The van der Waals surface area contributed by atoms with Crippen LogP contribution in [0.5, 0.6) is 11.5 Å². The Hall–Kier alpha value is -3.02. The normalized spacial score (nSPS) is 12.7. The lowest BCUT2D eigenvalue weighted by Crippen LogP contribution is -2.25. The number of hydrogen-bond donors (Lipinski definition) is 2. The molecule has 0 atom stereocenters. The van der Waals surface area contributed by atoms with Gasteiger partial charge in [0.25, 0.3) is 11.8 Å². The standard InChI is InChI=1S/C18H18N2O4/c1-11-3-4-12(2)15(7-11)23-9-17(21)19-13-5-6-14-16(8-13)24-10-18(22)20-14/h3-8H,9-10H2,1-2H3,(H,19,21)(H,20,22). The third-order valence-electron chi connectivity index (χ3n) is 3.60. The molecule has 1 aliphatic heterocycles. The molecule has 0 fully saturated rings. The first-order valence-corrected chi connectivity index (χ1v) is 7.58. The van der Waals surface area contributed by atoms with E-state index in [1.807, 2.05) is 32.0 Å². The Labute approximate surface area is 139 Å². The number of anilines is 2. The fourth-order valence-corrected chi connectivity index (χ4v) is 2.36. The molecular formula is C18H18N2O4.